The summed E-state index contributed by atoms with van der Waals surface area (Å²) in [6, 6.07) is 0. The molecule has 0 aliphatic rings. The van der Waals surface area contributed by atoms with Crippen molar-refractivity contribution in [3.63, 3.8) is 0 Å². The minimum absolute atomic E-state index is 0.00634. The lowest BCUT2D eigenvalue weighted by atomic mass is 10.2. The van der Waals surface area contributed by atoms with Gasteiger partial charge in [-0.25, -0.2) is 13.6 Å². The van der Waals surface area contributed by atoms with E-state index in [9.17, 15) is 13.6 Å². The van der Waals surface area contributed by atoms with Crippen LogP contribution in [0.4, 0.5) is 8.78 Å². The number of alkyl halides is 2. The number of aromatic nitrogens is 2. The van der Waals surface area contributed by atoms with Crippen molar-refractivity contribution in [2.45, 2.75) is 26.3 Å². The molecule has 1 rings (SSSR count). The van der Waals surface area contributed by atoms with Gasteiger partial charge >= 0.3 is 5.97 Å². The molecule has 0 aromatic carbocycles. The van der Waals surface area contributed by atoms with Crippen LogP contribution in [0.15, 0.2) is 6.20 Å². The van der Waals surface area contributed by atoms with Crippen LogP contribution in [0.1, 0.15) is 23.0 Å². The van der Waals surface area contributed by atoms with Gasteiger partial charge in [-0.1, -0.05) is 6.92 Å². The zero-order chi connectivity index (χ0) is 10.7. The van der Waals surface area contributed by atoms with Gasteiger partial charge in [0.1, 0.15) is 12.1 Å². The van der Waals surface area contributed by atoms with Crippen LogP contribution in [0, 0.1) is 0 Å². The highest BCUT2D eigenvalue weighted by molar-refractivity contribution is 5.88. The third-order valence-electron chi connectivity index (χ3n) is 1.73. The lowest BCUT2D eigenvalue weighted by Gasteiger charge is -1.97. The molecule has 0 saturated heterocycles. The summed E-state index contributed by atoms with van der Waals surface area (Å²) in [5.74, 6) is -1.14. The number of aryl methyl sites for hydroxylation is 1. The quantitative estimate of drug-likeness (QED) is 0.806. The first kappa shape index (κ1) is 10.6. The summed E-state index contributed by atoms with van der Waals surface area (Å²) in [6.45, 7) is 1.15. The van der Waals surface area contributed by atoms with Crippen molar-refractivity contribution in [2.24, 2.45) is 0 Å². The molecule has 0 spiro atoms. The van der Waals surface area contributed by atoms with Crippen molar-refractivity contribution < 1.29 is 18.7 Å². The molecule has 6 heteroatoms. The lowest BCUT2D eigenvalue weighted by molar-refractivity contribution is 0.0695. The van der Waals surface area contributed by atoms with Gasteiger partial charge in [0.15, 0.2) is 0 Å². The van der Waals surface area contributed by atoms with E-state index in [-0.39, 0.29) is 5.56 Å². The minimum Gasteiger partial charge on any atom is -0.478 e. The van der Waals surface area contributed by atoms with Crippen LogP contribution in [-0.2, 0) is 13.0 Å². The van der Waals surface area contributed by atoms with Crippen LogP contribution < -0.4 is 0 Å². The molecular weight excluding hydrogens is 194 g/mol. The van der Waals surface area contributed by atoms with E-state index in [4.69, 9.17) is 5.11 Å². The van der Waals surface area contributed by atoms with E-state index in [0.717, 1.165) is 10.9 Å². The monoisotopic (exact) mass is 204 g/mol. The van der Waals surface area contributed by atoms with E-state index in [1.807, 2.05) is 0 Å². The highest BCUT2D eigenvalue weighted by Gasteiger charge is 2.15. The summed E-state index contributed by atoms with van der Waals surface area (Å²) in [7, 11) is 0. The first-order valence-electron chi connectivity index (χ1n) is 4.12. The van der Waals surface area contributed by atoms with Crippen molar-refractivity contribution in [3.8, 4) is 0 Å². The fraction of sp³-hybridized carbons (Fsp3) is 0.500. The molecule has 0 amide bonds. The molecule has 0 radical (unpaired) electrons. The summed E-state index contributed by atoms with van der Waals surface area (Å²) in [5.41, 5.74) is 0.325. The molecule has 1 aromatic rings. The van der Waals surface area contributed by atoms with Crippen LogP contribution in [0.25, 0.3) is 0 Å². The first-order valence-corrected chi connectivity index (χ1v) is 4.12. The molecule has 0 unspecified atom stereocenters. The molecule has 1 N–H and O–H groups in total. The van der Waals surface area contributed by atoms with Gasteiger partial charge in [0, 0.05) is 6.20 Å². The fourth-order valence-electron chi connectivity index (χ4n) is 1.14. The molecule has 14 heavy (non-hydrogen) atoms. The van der Waals surface area contributed by atoms with Crippen LogP contribution in [0.5, 0.6) is 0 Å². The molecule has 1 aromatic heterocycles. The largest absolute Gasteiger partial charge is 0.478 e. The maximum atomic E-state index is 12.0. The standard InChI is InChI=1S/C8H10F2N2O2/c1-2-6-5(8(13)14)3-12(11-6)4-7(9)10/h3,7H,2,4H2,1H3,(H,13,14). The van der Waals surface area contributed by atoms with Crippen LogP contribution >= 0.6 is 0 Å². The molecule has 0 fully saturated rings. The van der Waals surface area contributed by atoms with Crippen LogP contribution in [-0.4, -0.2) is 27.3 Å². The molecule has 4 nitrogen and oxygen atoms in total. The molecule has 0 aliphatic heterocycles. The minimum atomic E-state index is -2.53. The molecule has 0 aliphatic carbocycles. The Kier molecular flexibility index (Phi) is 3.16. The second kappa shape index (κ2) is 4.17. The van der Waals surface area contributed by atoms with Gasteiger partial charge in [0.2, 0.25) is 0 Å². The van der Waals surface area contributed by atoms with Gasteiger partial charge in [0.05, 0.1) is 5.69 Å². The maximum absolute atomic E-state index is 12.0. The average molecular weight is 204 g/mol. The topological polar surface area (TPSA) is 55.1 Å². The summed E-state index contributed by atoms with van der Waals surface area (Å²) in [6.07, 6.45) is -0.980. The molecule has 0 saturated carbocycles. The van der Waals surface area contributed by atoms with Crippen LogP contribution in [0.3, 0.4) is 0 Å². The Morgan fingerprint density at radius 1 is 1.71 bits per heavy atom. The zero-order valence-electron chi connectivity index (χ0n) is 7.57. The van der Waals surface area contributed by atoms with Gasteiger partial charge < -0.3 is 5.11 Å². The predicted molar refractivity (Wildman–Crippen MR) is 44.6 cm³/mol. The molecule has 0 bridgehead atoms. The van der Waals surface area contributed by atoms with E-state index in [1.54, 1.807) is 6.92 Å². The van der Waals surface area contributed by atoms with Crippen molar-refractivity contribution in [2.75, 3.05) is 0 Å². The Morgan fingerprint density at radius 2 is 2.36 bits per heavy atom. The maximum Gasteiger partial charge on any atom is 0.339 e. The number of aromatic carboxylic acids is 1. The number of rotatable bonds is 4. The summed E-state index contributed by atoms with van der Waals surface area (Å²) in [4.78, 5) is 10.6. The van der Waals surface area contributed by atoms with Crippen LogP contribution in [0.2, 0.25) is 0 Å². The summed E-state index contributed by atoms with van der Waals surface area (Å²) < 4.78 is 24.9. The number of carbonyl (C=O) groups is 1. The third-order valence-corrected chi connectivity index (χ3v) is 1.73. The van der Waals surface area contributed by atoms with Gasteiger partial charge in [0.25, 0.3) is 6.43 Å². The number of carboxylic acid groups (broad SMARTS) is 1. The van der Waals surface area contributed by atoms with Crippen molar-refractivity contribution in [3.05, 3.63) is 17.5 Å². The Bertz CT molecular complexity index is 336. The molecule has 1 heterocycles. The highest BCUT2D eigenvalue weighted by atomic mass is 19.3. The van der Waals surface area contributed by atoms with E-state index in [2.05, 4.69) is 5.10 Å². The second-order valence-corrected chi connectivity index (χ2v) is 2.76. The fourth-order valence-corrected chi connectivity index (χ4v) is 1.14. The van der Waals surface area contributed by atoms with E-state index >= 15 is 0 Å². The molecule has 0 atom stereocenters. The van der Waals surface area contributed by atoms with E-state index < -0.39 is 18.9 Å². The Hall–Kier alpha value is -1.46. The number of nitrogens with zero attached hydrogens (tertiary/aromatic N) is 2. The molecule has 78 valence electrons. The first-order chi connectivity index (χ1) is 6.54. The van der Waals surface area contributed by atoms with E-state index in [1.165, 1.54) is 0 Å². The second-order valence-electron chi connectivity index (χ2n) is 2.76. The Labute approximate surface area is 79.2 Å². The zero-order valence-corrected chi connectivity index (χ0v) is 7.57. The average Bonchev–Trinajstić information content (AvgIpc) is 2.46. The number of hydrogen-bond acceptors (Lipinski definition) is 2. The van der Waals surface area contributed by atoms with Gasteiger partial charge in [-0.3, -0.25) is 4.68 Å². The number of halogens is 2. The summed E-state index contributed by atoms with van der Waals surface area (Å²) in [5, 5.41) is 12.4. The molecular formula is C8H10F2N2O2. The number of carboxylic acids is 1. The van der Waals surface area contributed by atoms with Crippen molar-refractivity contribution in [1.29, 1.82) is 0 Å². The van der Waals surface area contributed by atoms with E-state index in [0.29, 0.717) is 12.1 Å². The predicted octanol–water partition coefficient (Wildman–Crippen LogP) is 1.41. The smallest absolute Gasteiger partial charge is 0.339 e. The third kappa shape index (κ3) is 2.27. The Balaban J connectivity index is 2.94. The normalized spacial score (nSPS) is 10.9. The van der Waals surface area contributed by atoms with Gasteiger partial charge in [-0.2, -0.15) is 5.10 Å². The van der Waals surface area contributed by atoms with Crippen molar-refractivity contribution in [1.82, 2.24) is 9.78 Å². The Morgan fingerprint density at radius 3 is 2.71 bits per heavy atom. The lowest BCUT2D eigenvalue weighted by Crippen LogP contribution is -2.07. The summed E-state index contributed by atoms with van der Waals surface area (Å²) >= 11 is 0. The van der Waals surface area contributed by atoms with Crippen molar-refractivity contribution >= 4 is 5.97 Å². The van der Waals surface area contributed by atoms with Gasteiger partial charge in [-0.05, 0) is 6.42 Å². The van der Waals surface area contributed by atoms with Gasteiger partial charge in [-0.15, -0.1) is 0 Å². The highest BCUT2D eigenvalue weighted by Crippen LogP contribution is 2.09. The SMILES string of the molecule is CCc1nn(CC(F)F)cc1C(=O)O. The number of hydrogen-bond donors (Lipinski definition) is 1.